The lowest BCUT2D eigenvalue weighted by atomic mass is 9.90. The molecule has 0 saturated carbocycles. The molecule has 0 fully saturated rings. The summed E-state index contributed by atoms with van der Waals surface area (Å²) in [6, 6.07) is 16.5. The van der Waals surface area contributed by atoms with Crippen LogP contribution in [0.5, 0.6) is 23.0 Å². The Kier molecular flexibility index (Phi) is 24.6. The molecule has 4 aromatic carbocycles. The van der Waals surface area contributed by atoms with Gasteiger partial charge in [0.05, 0.1) is 13.2 Å². The summed E-state index contributed by atoms with van der Waals surface area (Å²) in [6.45, 7) is 44.3. The number of benzene rings is 4. The first-order valence-electron chi connectivity index (χ1n) is 30.9. The lowest BCUT2D eigenvalue weighted by molar-refractivity contribution is 0.134. The van der Waals surface area contributed by atoms with Gasteiger partial charge in [0.1, 0.15) is 23.0 Å². The third-order valence-corrected chi connectivity index (χ3v) is 44.6. The van der Waals surface area contributed by atoms with E-state index >= 15 is 18.3 Å². The van der Waals surface area contributed by atoms with Crippen LogP contribution in [-0.4, -0.2) is 105 Å². The van der Waals surface area contributed by atoms with Crippen molar-refractivity contribution in [2.75, 3.05) is 13.2 Å². The van der Waals surface area contributed by atoms with Crippen molar-refractivity contribution in [2.45, 2.75) is 213 Å². The summed E-state index contributed by atoms with van der Waals surface area (Å²) in [5.74, 6) is 0.224. The minimum Gasteiger partial charge on any atom is -0.507 e. The first kappa shape index (κ1) is 79.0. The maximum absolute atomic E-state index is 16.7. The summed E-state index contributed by atoms with van der Waals surface area (Å²) in [5.41, 5.74) is 2.17. The van der Waals surface area contributed by atoms with Gasteiger partial charge >= 0.3 is 38.9 Å². The Labute approximate surface area is 545 Å². The van der Waals surface area contributed by atoms with E-state index in [-0.39, 0.29) is 83.8 Å². The van der Waals surface area contributed by atoms with Crippen molar-refractivity contribution in [3.63, 3.8) is 0 Å². The quantitative estimate of drug-likeness (QED) is 0.0230. The number of hydrogen-bond acceptors (Lipinski definition) is 19. The molecule has 0 saturated heterocycles. The van der Waals surface area contributed by atoms with Crippen LogP contribution in [0.2, 0.25) is 151 Å². The van der Waals surface area contributed by atoms with Crippen LogP contribution in [0.15, 0.2) is 60.7 Å². The molecule has 0 heterocycles. The van der Waals surface area contributed by atoms with Crippen molar-refractivity contribution in [3.8, 4) is 23.0 Å². The van der Waals surface area contributed by atoms with Crippen LogP contribution in [0.1, 0.15) is 82.3 Å². The Morgan fingerprint density at radius 2 is 0.567 bits per heavy atom. The van der Waals surface area contributed by atoms with Crippen molar-refractivity contribution in [1.82, 2.24) is 0 Å². The summed E-state index contributed by atoms with van der Waals surface area (Å²) >= 11 is 0. The smallest absolute Gasteiger partial charge is 0.361 e. The fourth-order valence-electron chi connectivity index (χ4n) is 10.2. The minimum absolute atomic E-state index is 0.130. The second-order valence-electron chi connectivity index (χ2n) is 30.7. The van der Waals surface area contributed by atoms with E-state index in [1.807, 2.05) is 13.8 Å². The summed E-state index contributed by atoms with van der Waals surface area (Å²) in [5, 5.41) is 48.1. The zero-order valence-corrected chi connectivity index (χ0v) is 69.7. The number of fused-ring (bicyclic) bond motifs is 8. The molecule has 31 heteroatoms. The number of aromatic hydroxyl groups is 2. The Morgan fingerprint density at radius 3 is 0.744 bits per heavy atom. The normalized spacial score (nSPS) is 16.1. The molecule has 1 aliphatic rings. The van der Waals surface area contributed by atoms with Crippen LogP contribution in [0, 0.1) is 0 Å². The molecule has 19 nitrogen and oxygen atoms in total. The van der Waals surface area contributed by atoms with E-state index in [0.29, 0.717) is 46.6 Å². The second-order valence-corrected chi connectivity index (χ2v) is 76.3. The van der Waals surface area contributed by atoms with Crippen LogP contribution in [-0.2, 0) is 87.8 Å². The van der Waals surface area contributed by atoms with Gasteiger partial charge < -0.3 is 68.4 Å². The largest absolute Gasteiger partial charge is 0.507 e. The number of para-hydroxylation sites is 2. The van der Waals surface area contributed by atoms with Crippen molar-refractivity contribution in [1.29, 1.82) is 0 Å². The highest BCUT2D eigenvalue weighted by Crippen LogP contribution is 2.85. The van der Waals surface area contributed by atoms with Crippen LogP contribution in [0.4, 0.5) is 0 Å². The maximum Gasteiger partial charge on any atom is 0.361 e. The molecule has 90 heavy (non-hydrogen) atoms. The zero-order chi connectivity index (χ0) is 68.9. The van der Waals surface area contributed by atoms with Gasteiger partial charge in [-0.2, -0.15) is 0 Å². The number of rotatable bonds is 28. The molecule has 5 N–H and O–H groups in total. The lowest BCUT2D eigenvalue weighted by Gasteiger charge is -2.46. The Balaban J connectivity index is 2.11. The van der Waals surface area contributed by atoms with Crippen molar-refractivity contribution in [2.24, 2.45) is 0 Å². The molecule has 4 aromatic rings. The van der Waals surface area contributed by atoms with Gasteiger partial charge in [-0.1, -0.05) is 50.2 Å². The molecular weight excluding hydrogens is 1360 g/mol. The summed E-state index contributed by atoms with van der Waals surface area (Å²) < 4.78 is 133. The van der Waals surface area contributed by atoms with E-state index in [9.17, 15) is 25.2 Å². The average Bonchev–Trinajstić information content (AvgIpc) is 0.715. The predicted molar refractivity (Wildman–Crippen MR) is 382 cm³/mol. The molecule has 0 amide bonds. The predicted octanol–water partition coefficient (Wildman–Crippen LogP) is 18.0. The number of ether oxygens (including phenoxy) is 2. The molecule has 2 unspecified atom stereocenters. The fourth-order valence-corrected chi connectivity index (χ4v) is 45.9. The minimum atomic E-state index is -5.38. The second kappa shape index (κ2) is 28.0. The number of hydrogen-bond donors (Lipinski definition) is 5. The topological polar surface area (TPSA) is 262 Å². The van der Waals surface area contributed by atoms with Gasteiger partial charge in [-0.25, -0.2) is 0 Å². The van der Waals surface area contributed by atoms with Crippen molar-refractivity contribution >= 4 is 97.2 Å². The van der Waals surface area contributed by atoms with Crippen LogP contribution in [0.25, 0.3) is 0 Å². The van der Waals surface area contributed by atoms with Crippen molar-refractivity contribution in [3.05, 3.63) is 116 Å². The van der Waals surface area contributed by atoms with Gasteiger partial charge in [-0.3, -0.25) is 18.3 Å². The molecule has 508 valence electrons. The summed E-state index contributed by atoms with van der Waals surface area (Å²) in [6.07, 6.45) is 0.533. The van der Waals surface area contributed by atoms with Gasteiger partial charge in [0, 0.05) is 36.8 Å². The molecule has 2 atom stereocenters. The van der Waals surface area contributed by atoms with E-state index in [1.165, 1.54) is 37.4 Å². The molecule has 0 radical (unpaired) electrons. The van der Waals surface area contributed by atoms with E-state index in [4.69, 9.17) is 43.2 Å². The van der Waals surface area contributed by atoms with Crippen LogP contribution < -0.4 is 9.47 Å². The third-order valence-electron chi connectivity index (χ3n) is 12.7. The SMILES string of the molecule is CCCOc1c2cccc1Cc1cc(C(O)(P(=O)(O[Si](C)(C)C)O[Si](C)(C)C)P(=O)(O[Si](C)(C)C)O[Si](C)(C)O)cc(c1O)Cc1cccc(c1OCCC)Cc1cc(C(O)(P(=O)(O[Si](C)(C)C)O[Si](C)(C)C)P(=O)(O[Si](C)(C)C)O[Si](C)(C)C)cc(c1O)C2. The van der Waals surface area contributed by atoms with E-state index in [2.05, 4.69) is 0 Å². The van der Waals surface area contributed by atoms with Gasteiger partial charge in [0.2, 0.25) is 0 Å². The highest BCUT2D eigenvalue weighted by Gasteiger charge is 2.71. The highest BCUT2D eigenvalue weighted by molar-refractivity contribution is 7.76. The standard InChI is InChI=1S/C59H106O19P4Si8/c1-26-34-69-56-44-30-28-32-46(56)38-50-42-53(59(63,81(66,75-87(15,16)17)76-88(18,19)20)82(67,77-89(21,22)23)78-90(24,25)68)43-51(55(50)61)39-47-33-29-31-45(57(47)70-35-27-2)37-49-41-52(40-48(36-44)54(49)60)58(62,79(64,71-83(3,4)5)72-84(6,7)8)80(65,73-85(9,10)11)74-86(12,13)14/h28-33,40-43,60-63,68H,26-27,34-39H2,1-25H3. The first-order chi connectivity index (χ1) is 40.5. The van der Waals surface area contributed by atoms with E-state index < -0.39 is 107 Å². The summed E-state index contributed by atoms with van der Waals surface area (Å²) in [7, 11) is -46.5. The van der Waals surface area contributed by atoms with E-state index in [1.54, 1.807) is 174 Å². The molecule has 0 aromatic heterocycles. The Bertz CT molecular complexity index is 2930. The van der Waals surface area contributed by atoms with Gasteiger partial charge in [-0.05, 0) is 232 Å². The number of phenols is 2. The molecular formula is C59H106O19P4Si8. The van der Waals surface area contributed by atoms with Crippen LogP contribution >= 0.6 is 30.4 Å². The zero-order valence-electron chi connectivity index (χ0n) is 58.2. The van der Waals surface area contributed by atoms with Crippen LogP contribution in [0.3, 0.4) is 0 Å². The molecule has 1 aliphatic carbocycles. The Hall–Kier alpha value is -1.70. The molecule has 5 rings (SSSR count). The number of aliphatic hydroxyl groups is 2. The maximum atomic E-state index is 16.7. The molecule has 8 bridgehead atoms. The third kappa shape index (κ3) is 19.7. The van der Waals surface area contributed by atoms with Gasteiger partial charge in [0.15, 0.2) is 58.2 Å². The van der Waals surface area contributed by atoms with Gasteiger partial charge in [-0.15, -0.1) is 0 Å². The van der Waals surface area contributed by atoms with E-state index in [0.717, 1.165) is 0 Å². The average molecular weight is 1470 g/mol. The first-order valence-corrected chi connectivity index (χ1v) is 63.7. The fraction of sp³-hybridized carbons (Fsp3) is 0.593. The number of phenolic OH excluding ortho intramolecular Hbond substituents is 2. The molecule has 0 aliphatic heterocycles. The lowest BCUT2D eigenvalue weighted by Crippen LogP contribution is -2.43. The summed E-state index contributed by atoms with van der Waals surface area (Å²) in [4.78, 5) is 11.7. The Morgan fingerprint density at radius 1 is 0.367 bits per heavy atom. The monoisotopic (exact) mass is 1470 g/mol. The highest BCUT2D eigenvalue weighted by atomic mass is 31.3. The van der Waals surface area contributed by atoms with Crippen molar-refractivity contribution < 1.29 is 86.7 Å². The molecule has 0 spiro atoms. The van der Waals surface area contributed by atoms with Gasteiger partial charge in [0.25, 0.3) is 10.2 Å².